The zero-order valence-electron chi connectivity index (χ0n) is 9.92. The lowest BCUT2D eigenvalue weighted by molar-refractivity contribution is 0.0923. The molecular weight excluding hydrogens is 268 g/mol. The lowest BCUT2D eigenvalue weighted by atomic mass is 9.95. The molecule has 1 aromatic rings. The molecule has 3 heteroatoms. The first-order valence-corrected chi connectivity index (χ1v) is 6.27. The lowest BCUT2D eigenvalue weighted by Gasteiger charge is -2.10. The summed E-state index contributed by atoms with van der Waals surface area (Å²) in [6, 6.07) is 5.46. The van der Waals surface area contributed by atoms with Crippen LogP contribution in [0.3, 0.4) is 0 Å². The fourth-order valence-electron chi connectivity index (χ4n) is 1.67. The number of Topliss-reactive ketones (excluding diaryl/α,β-unsaturated/α-hetero) is 1. The predicted octanol–water partition coefficient (Wildman–Crippen LogP) is 4.08. The molecule has 0 radical (unpaired) electrons. The average Bonchev–Trinajstić information content (AvgIpc) is 2.28. The molecule has 0 heterocycles. The van der Waals surface area contributed by atoms with Crippen LogP contribution in [0.4, 0.5) is 0 Å². The van der Waals surface area contributed by atoms with Crippen LogP contribution in [-0.2, 0) is 0 Å². The van der Waals surface area contributed by atoms with Gasteiger partial charge in [0.05, 0.1) is 11.6 Å². The molecule has 16 heavy (non-hydrogen) atoms. The highest BCUT2D eigenvalue weighted by Gasteiger charge is 2.15. The molecule has 2 nitrogen and oxygen atoms in total. The Morgan fingerprint density at radius 3 is 2.69 bits per heavy atom. The second-order valence-corrected chi connectivity index (χ2v) is 4.76. The summed E-state index contributed by atoms with van der Waals surface area (Å²) in [5, 5.41) is 0. The Labute approximate surface area is 105 Å². The van der Waals surface area contributed by atoms with E-state index in [9.17, 15) is 4.79 Å². The van der Waals surface area contributed by atoms with Crippen molar-refractivity contribution in [1.29, 1.82) is 0 Å². The molecule has 0 fully saturated rings. The molecule has 1 atom stereocenters. The number of hydrogen-bond donors (Lipinski definition) is 0. The van der Waals surface area contributed by atoms with E-state index in [2.05, 4.69) is 22.9 Å². The van der Waals surface area contributed by atoms with Gasteiger partial charge in [0, 0.05) is 11.5 Å². The van der Waals surface area contributed by atoms with Crippen LogP contribution in [-0.4, -0.2) is 12.9 Å². The Kier molecular flexibility index (Phi) is 5.00. The van der Waals surface area contributed by atoms with Crippen LogP contribution >= 0.6 is 15.9 Å². The second kappa shape index (κ2) is 6.04. The summed E-state index contributed by atoms with van der Waals surface area (Å²) in [4.78, 5) is 12.0. The first kappa shape index (κ1) is 13.2. The number of carbonyl (C=O) groups is 1. The lowest BCUT2D eigenvalue weighted by Crippen LogP contribution is -2.11. The molecule has 1 unspecified atom stereocenters. The van der Waals surface area contributed by atoms with Crippen LogP contribution in [0, 0.1) is 5.92 Å². The minimum absolute atomic E-state index is 0.0882. The molecule has 0 saturated carbocycles. The standard InChI is InChI=1S/C13H17BrO2/c1-4-5-9(2)13(15)10-6-7-12(16-3)11(14)8-10/h6-9H,4-5H2,1-3H3. The van der Waals surface area contributed by atoms with Crippen LogP contribution in [0.5, 0.6) is 5.75 Å². The van der Waals surface area contributed by atoms with E-state index in [-0.39, 0.29) is 11.7 Å². The normalized spacial score (nSPS) is 12.2. The third-order valence-corrected chi connectivity index (χ3v) is 3.23. The number of carbonyl (C=O) groups excluding carboxylic acids is 1. The van der Waals surface area contributed by atoms with Gasteiger partial charge in [-0.2, -0.15) is 0 Å². The summed E-state index contributed by atoms with van der Waals surface area (Å²) in [6.45, 7) is 4.07. The van der Waals surface area contributed by atoms with Crippen LogP contribution in [0.15, 0.2) is 22.7 Å². The highest BCUT2D eigenvalue weighted by molar-refractivity contribution is 9.10. The van der Waals surface area contributed by atoms with Crippen molar-refractivity contribution in [2.45, 2.75) is 26.7 Å². The van der Waals surface area contributed by atoms with Gasteiger partial charge in [-0.15, -0.1) is 0 Å². The molecule has 0 aromatic heterocycles. The van der Waals surface area contributed by atoms with Gasteiger partial charge in [0.15, 0.2) is 5.78 Å². The number of benzene rings is 1. The Morgan fingerprint density at radius 1 is 1.50 bits per heavy atom. The zero-order valence-corrected chi connectivity index (χ0v) is 11.5. The van der Waals surface area contributed by atoms with Crippen LogP contribution < -0.4 is 4.74 Å². The number of halogens is 1. The average molecular weight is 285 g/mol. The molecule has 88 valence electrons. The summed E-state index contributed by atoms with van der Waals surface area (Å²) >= 11 is 3.39. The molecule has 0 saturated heterocycles. The van der Waals surface area contributed by atoms with Gasteiger partial charge in [0.25, 0.3) is 0 Å². The predicted molar refractivity (Wildman–Crippen MR) is 69.1 cm³/mol. The quantitative estimate of drug-likeness (QED) is 0.762. The van der Waals surface area contributed by atoms with E-state index >= 15 is 0 Å². The van der Waals surface area contributed by atoms with Gasteiger partial charge in [-0.25, -0.2) is 0 Å². The summed E-state index contributed by atoms with van der Waals surface area (Å²) in [5.41, 5.74) is 0.744. The van der Waals surface area contributed by atoms with Crippen molar-refractivity contribution in [2.75, 3.05) is 7.11 Å². The molecule has 0 aliphatic carbocycles. The van der Waals surface area contributed by atoms with Crippen LogP contribution in [0.25, 0.3) is 0 Å². The van der Waals surface area contributed by atoms with E-state index in [0.29, 0.717) is 0 Å². The smallest absolute Gasteiger partial charge is 0.165 e. The zero-order chi connectivity index (χ0) is 12.1. The molecule has 0 amide bonds. The number of rotatable bonds is 5. The Morgan fingerprint density at radius 2 is 2.19 bits per heavy atom. The van der Waals surface area contributed by atoms with Crippen molar-refractivity contribution in [2.24, 2.45) is 5.92 Å². The van der Waals surface area contributed by atoms with E-state index in [1.165, 1.54) is 0 Å². The molecule has 1 aromatic carbocycles. The summed E-state index contributed by atoms with van der Waals surface area (Å²) in [7, 11) is 1.61. The maximum atomic E-state index is 12.0. The number of hydrogen-bond acceptors (Lipinski definition) is 2. The first-order chi connectivity index (χ1) is 7.60. The number of methoxy groups -OCH3 is 1. The van der Waals surface area contributed by atoms with Crippen LogP contribution in [0.1, 0.15) is 37.0 Å². The Hall–Kier alpha value is -0.830. The molecule has 0 aliphatic rings. The largest absolute Gasteiger partial charge is 0.496 e. The van der Waals surface area contributed by atoms with Crippen molar-refractivity contribution >= 4 is 21.7 Å². The highest BCUT2D eigenvalue weighted by atomic mass is 79.9. The van der Waals surface area contributed by atoms with Gasteiger partial charge in [-0.3, -0.25) is 4.79 Å². The van der Waals surface area contributed by atoms with Gasteiger partial charge < -0.3 is 4.74 Å². The van der Waals surface area contributed by atoms with Gasteiger partial charge in [-0.1, -0.05) is 20.3 Å². The molecule has 1 rings (SSSR count). The molecule has 0 spiro atoms. The van der Waals surface area contributed by atoms with Gasteiger partial charge in [0.2, 0.25) is 0 Å². The maximum absolute atomic E-state index is 12.0. The second-order valence-electron chi connectivity index (χ2n) is 3.90. The number of ketones is 1. The fourth-order valence-corrected chi connectivity index (χ4v) is 2.21. The summed E-state index contributed by atoms with van der Waals surface area (Å²) in [5.74, 6) is 1.04. The Balaban J connectivity index is 2.88. The minimum atomic E-state index is 0.0882. The topological polar surface area (TPSA) is 26.3 Å². The maximum Gasteiger partial charge on any atom is 0.165 e. The van der Waals surface area contributed by atoms with E-state index in [0.717, 1.165) is 28.6 Å². The molecule has 0 bridgehead atoms. The Bertz CT molecular complexity index is 374. The molecule has 0 N–H and O–H groups in total. The summed E-state index contributed by atoms with van der Waals surface area (Å²) in [6.07, 6.45) is 1.96. The fraction of sp³-hybridized carbons (Fsp3) is 0.462. The van der Waals surface area contributed by atoms with Crippen molar-refractivity contribution in [3.8, 4) is 5.75 Å². The van der Waals surface area contributed by atoms with Crippen molar-refractivity contribution in [3.05, 3.63) is 28.2 Å². The van der Waals surface area contributed by atoms with Gasteiger partial charge in [0.1, 0.15) is 5.75 Å². The van der Waals surface area contributed by atoms with Crippen molar-refractivity contribution in [3.63, 3.8) is 0 Å². The van der Waals surface area contributed by atoms with E-state index in [1.54, 1.807) is 7.11 Å². The van der Waals surface area contributed by atoms with E-state index in [4.69, 9.17) is 4.74 Å². The third kappa shape index (κ3) is 3.08. The van der Waals surface area contributed by atoms with Crippen molar-refractivity contribution in [1.82, 2.24) is 0 Å². The summed E-state index contributed by atoms with van der Waals surface area (Å²) < 4.78 is 5.95. The van der Waals surface area contributed by atoms with Gasteiger partial charge >= 0.3 is 0 Å². The molecule has 0 aliphatic heterocycles. The minimum Gasteiger partial charge on any atom is -0.496 e. The molecular formula is C13H17BrO2. The van der Waals surface area contributed by atoms with E-state index < -0.39 is 0 Å². The van der Waals surface area contributed by atoms with Gasteiger partial charge in [-0.05, 0) is 40.5 Å². The monoisotopic (exact) mass is 284 g/mol. The highest BCUT2D eigenvalue weighted by Crippen LogP contribution is 2.27. The van der Waals surface area contributed by atoms with E-state index in [1.807, 2.05) is 25.1 Å². The number of ether oxygens (including phenoxy) is 1. The first-order valence-electron chi connectivity index (χ1n) is 5.47. The van der Waals surface area contributed by atoms with Crippen molar-refractivity contribution < 1.29 is 9.53 Å². The third-order valence-electron chi connectivity index (χ3n) is 2.61. The van der Waals surface area contributed by atoms with Crippen LogP contribution in [0.2, 0.25) is 0 Å². The SMILES string of the molecule is CCCC(C)C(=O)c1ccc(OC)c(Br)c1.